The number of nitrogens with one attached hydrogen (secondary N) is 1. The molecule has 0 saturated heterocycles. The molecule has 3 nitrogen and oxygen atoms in total. The van der Waals surface area contributed by atoms with Gasteiger partial charge in [-0.25, -0.2) is 0 Å². The summed E-state index contributed by atoms with van der Waals surface area (Å²) >= 11 is 1.63. The Morgan fingerprint density at radius 3 is 2.48 bits per heavy atom. The molecule has 21 heavy (non-hydrogen) atoms. The van der Waals surface area contributed by atoms with E-state index in [9.17, 15) is 4.79 Å². The van der Waals surface area contributed by atoms with Crippen molar-refractivity contribution in [1.29, 1.82) is 0 Å². The number of anilines is 1. The zero-order chi connectivity index (χ0) is 15.1. The van der Waals surface area contributed by atoms with Gasteiger partial charge in [0.05, 0.1) is 12.2 Å². The van der Waals surface area contributed by atoms with E-state index in [1.807, 2.05) is 60.7 Å². The zero-order valence-electron chi connectivity index (χ0n) is 12.4. The van der Waals surface area contributed by atoms with Gasteiger partial charge in [0.25, 0.3) is 0 Å². The van der Waals surface area contributed by atoms with Crippen molar-refractivity contribution in [3.05, 3.63) is 60.2 Å². The molecule has 0 saturated carbocycles. The maximum Gasteiger partial charge on any atom is 0.238 e. The monoisotopic (exact) mass is 300 g/mol. The van der Waals surface area contributed by atoms with Crippen LogP contribution in [0.3, 0.4) is 0 Å². The molecule has 0 aliphatic carbocycles. The molecule has 0 unspecified atom stereocenters. The molecule has 1 amide bonds. The lowest BCUT2D eigenvalue weighted by molar-refractivity contribution is -0.117. The quantitative estimate of drug-likeness (QED) is 0.829. The second-order valence-corrected chi connectivity index (χ2v) is 5.75. The average Bonchev–Trinajstić information content (AvgIpc) is 2.48. The molecule has 0 fully saturated rings. The fourth-order valence-corrected chi connectivity index (χ4v) is 2.69. The highest BCUT2D eigenvalue weighted by Crippen LogP contribution is 2.24. The van der Waals surface area contributed by atoms with Crippen molar-refractivity contribution in [2.75, 3.05) is 25.2 Å². The average molecular weight is 300 g/mol. The summed E-state index contributed by atoms with van der Waals surface area (Å²) < 4.78 is 0. The number of rotatable bonds is 6. The highest BCUT2D eigenvalue weighted by Gasteiger charge is 2.09. The fourth-order valence-electron chi connectivity index (χ4n) is 2.13. The van der Waals surface area contributed by atoms with Crippen molar-refractivity contribution in [2.24, 2.45) is 0 Å². The number of thioether (sulfide) groups is 1. The van der Waals surface area contributed by atoms with Gasteiger partial charge in [-0.1, -0.05) is 42.5 Å². The van der Waals surface area contributed by atoms with Crippen molar-refractivity contribution < 1.29 is 4.79 Å². The van der Waals surface area contributed by atoms with E-state index >= 15 is 0 Å². The standard InChI is InChI=1S/C17H20N2OS/c1-19(12-14-8-4-3-5-9-14)13-17(20)18-15-10-6-7-11-16(15)21-2/h3-11H,12-13H2,1-2H3,(H,18,20). The van der Waals surface area contributed by atoms with Gasteiger partial charge in [-0.3, -0.25) is 9.69 Å². The van der Waals surface area contributed by atoms with E-state index in [1.165, 1.54) is 5.56 Å². The van der Waals surface area contributed by atoms with E-state index in [0.29, 0.717) is 6.54 Å². The molecule has 0 aliphatic heterocycles. The number of likely N-dealkylation sites (N-methyl/N-ethyl adjacent to an activating group) is 1. The topological polar surface area (TPSA) is 32.3 Å². The molecule has 4 heteroatoms. The number of para-hydroxylation sites is 1. The van der Waals surface area contributed by atoms with E-state index in [2.05, 4.69) is 17.4 Å². The lowest BCUT2D eigenvalue weighted by Crippen LogP contribution is -2.29. The Morgan fingerprint density at radius 2 is 1.76 bits per heavy atom. The SMILES string of the molecule is CSc1ccccc1NC(=O)CN(C)Cc1ccccc1. The van der Waals surface area contributed by atoms with Crippen molar-refractivity contribution in [2.45, 2.75) is 11.4 Å². The number of benzene rings is 2. The van der Waals surface area contributed by atoms with Crippen LogP contribution < -0.4 is 5.32 Å². The van der Waals surface area contributed by atoms with Crippen molar-refractivity contribution in [1.82, 2.24) is 4.90 Å². The Hall–Kier alpha value is -1.78. The first-order chi connectivity index (χ1) is 10.2. The summed E-state index contributed by atoms with van der Waals surface area (Å²) in [7, 11) is 1.95. The van der Waals surface area contributed by atoms with Crippen LogP contribution in [0.2, 0.25) is 0 Å². The molecule has 0 bridgehead atoms. The molecule has 2 rings (SSSR count). The maximum atomic E-state index is 12.1. The predicted octanol–water partition coefficient (Wildman–Crippen LogP) is 3.48. The summed E-state index contributed by atoms with van der Waals surface area (Å²) in [5, 5.41) is 2.98. The van der Waals surface area contributed by atoms with Crippen LogP contribution >= 0.6 is 11.8 Å². The van der Waals surface area contributed by atoms with Gasteiger partial charge in [-0.15, -0.1) is 11.8 Å². The van der Waals surface area contributed by atoms with Crippen molar-refractivity contribution >= 4 is 23.4 Å². The largest absolute Gasteiger partial charge is 0.324 e. The first-order valence-electron chi connectivity index (χ1n) is 6.84. The van der Waals surface area contributed by atoms with Crippen LogP contribution in [0.15, 0.2) is 59.5 Å². The predicted molar refractivity (Wildman–Crippen MR) is 89.6 cm³/mol. The molecule has 0 radical (unpaired) electrons. The molecule has 2 aromatic rings. The van der Waals surface area contributed by atoms with E-state index in [-0.39, 0.29) is 5.91 Å². The van der Waals surface area contributed by atoms with Gasteiger partial charge >= 0.3 is 0 Å². The summed E-state index contributed by atoms with van der Waals surface area (Å²) in [5.74, 6) is 0.00920. The number of carbonyl (C=O) groups is 1. The van der Waals surface area contributed by atoms with Crippen LogP contribution in [0.25, 0.3) is 0 Å². The Labute approximate surface area is 130 Å². The van der Waals surface area contributed by atoms with Crippen molar-refractivity contribution in [3.8, 4) is 0 Å². The Kier molecular flexibility index (Phi) is 5.84. The molecular formula is C17H20N2OS. The van der Waals surface area contributed by atoms with Gasteiger partial charge in [0.2, 0.25) is 5.91 Å². The third-order valence-electron chi connectivity index (χ3n) is 3.09. The zero-order valence-corrected chi connectivity index (χ0v) is 13.2. The molecule has 2 aromatic carbocycles. The van der Waals surface area contributed by atoms with Crippen LogP contribution in [0.5, 0.6) is 0 Å². The smallest absolute Gasteiger partial charge is 0.238 e. The van der Waals surface area contributed by atoms with E-state index in [0.717, 1.165) is 17.1 Å². The van der Waals surface area contributed by atoms with Gasteiger partial charge in [0.15, 0.2) is 0 Å². The molecule has 0 aromatic heterocycles. The number of carbonyl (C=O) groups excluding carboxylic acids is 1. The minimum atomic E-state index is 0.00920. The number of hydrogen-bond donors (Lipinski definition) is 1. The van der Waals surface area contributed by atoms with Crippen molar-refractivity contribution in [3.63, 3.8) is 0 Å². The minimum Gasteiger partial charge on any atom is -0.324 e. The third kappa shape index (κ3) is 4.92. The lowest BCUT2D eigenvalue weighted by atomic mass is 10.2. The summed E-state index contributed by atoms with van der Waals surface area (Å²) in [6, 6.07) is 18.0. The number of amides is 1. The van der Waals surface area contributed by atoms with Gasteiger partial charge < -0.3 is 5.32 Å². The highest BCUT2D eigenvalue weighted by atomic mass is 32.2. The van der Waals surface area contributed by atoms with Gasteiger partial charge in [0, 0.05) is 11.4 Å². The minimum absolute atomic E-state index is 0.00920. The molecule has 110 valence electrons. The molecule has 0 heterocycles. The van der Waals surface area contributed by atoms with Crippen LogP contribution in [0, 0.1) is 0 Å². The third-order valence-corrected chi connectivity index (χ3v) is 3.89. The summed E-state index contributed by atoms with van der Waals surface area (Å²) in [6.07, 6.45) is 2.01. The number of nitrogens with zero attached hydrogens (tertiary/aromatic N) is 1. The Bertz CT molecular complexity index is 586. The van der Waals surface area contributed by atoms with Crippen LogP contribution in [0.4, 0.5) is 5.69 Å². The highest BCUT2D eigenvalue weighted by molar-refractivity contribution is 7.98. The first-order valence-corrected chi connectivity index (χ1v) is 8.07. The summed E-state index contributed by atoms with van der Waals surface area (Å²) in [6.45, 7) is 1.13. The van der Waals surface area contributed by atoms with Crippen LogP contribution in [0.1, 0.15) is 5.56 Å². The fraction of sp³-hybridized carbons (Fsp3) is 0.235. The van der Waals surface area contributed by atoms with E-state index in [1.54, 1.807) is 11.8 Å². The normalized spacial score (nSPS) is 10.6. The lowest BCUT2D eigenvalue weighted by Gasteiger charge is -2.17. The van der Waals surface area contributed by atoms with Gasteiger partial charge in [-0.2, -0.15) is 0 Å². The molecule has 0 atom stereocenters. The summed E-state index contributed by atoms with van der Waals surface area (Å²) in [4.78, 5) is 15.2. The maximum absolute atomic E-state index is 12.1. The second kappa shape index (κ2) is 7.86. The second-order valence-electron chi connectivity index (χ2n) is 4.91. The first kappa shape index (κ1) is 15.6. The summed E-state index contributed by atoms with van der Waals surface area (Å²) in [5.41, 5.74) is 2.08. The van der Waals surface area contributed by atoms with E-state index in [4.69, 9.17) is 0 Å². The molecule has 0 spiro atoms. The Balaban J connectivity index is 1.89. The van der Waals surface area contributed by atoms with Crippen LogP contribution in [-0.2, 0) is 11.3 Å². The van der Waals surface area contributed by atoms with Crippen LogP contribution in [-0.4, -0.2) is 30.7 Å². The Morgan fingerprint density at radius 1 is 1.10 bits per heavy atom. The van der Waals surface area contributed by atoms with E-state index < -0.39 is 0 Å². The number of hydrogen-bond acceptors (Lipinski definition) is 3. The van der Waals surface area contributed by atoms with Gasteiger partial charge in [0.1, 0.15) is 0 Å². The molecule has 0 aliphatic rings. The molecular weight excluding hydrogens is 280 g/mol. The molecule has 1 N–H and O–H groups in total. The van der Waals surface area contributed by atoms with Gasteiger partial charge in [-0.05, 0) is 31.0 Å².